The number of hydrogen-bond donors (Lipinski definition) is 0. The molecule has 0 aliphatic carbocycles. The van der Waals surface area contributed by atoms with Gasteiger partial charge in [-0.05, 0) is 23.6 Å². The van der Waals surface area contributed by atoms with Gasteiger partial charge < -0.3 is 0 Å². The number of para-hydroxylation sites is 1. The van der Waals surface area contributed by atoms with Gasteiger partial charge in [0.2, 0.25) is 0 Å². The number of rotatable bonds is 2. The van der Waals surface area contributed by atoms with Crippen LogP contribution in [0.5, 0.6) is 0 Å². The van der Waals surface area contributed by atoms with Crippen LogP contribution in [0, 0.1) is 0 Å². The van der Waals surface area contributed by atoms with E-state index in [0.29, 0.717) is 0 Å². The van der Waals surface area contributed by atoms with Gasteiger partial charge in [-0.15, -0.1) is 0 Å². The quantitative estimate of drug-likeness (QED) is 0.540. The normalized spacial score (nSPS) is 11.0. The summed E-state index contributed by atoms with van der Waals surface area (Å²) in [5.74, 6) is 0. The Morgan fingerprint density at radius 3 is 2.48 bits per heavy atom. The minimum absolute atomic E-state index is 0.756. The van der Waals surface area contributed by atoms with Gasteiger partial charge in [0.25, 0.3) is 0 Å². The summed E-state index contributed by atoms with van der Waals surface area (Å²) in [6.07, 6.45) is 2.63. The summed E-state index contributed by atoms with van der Waals surface area (Å²) in [6, 6.07) is 22.8. The molecule has 0 aliphatic rings. The smallest absolute Gasteiger partial charge is 0.0705 e. The third-order valence-electron chi connectivity index (χ3n) is 3.76. The molecular formula is C19H14N2. The van der Waals surface area contributed by atoms with Crippen LogP contribution in [0.25, 0.3) is 21.7 Å². The summed E-state index contributed by atoms with van der Waals surface area (Å²) in [5.41, 5.74) is 3.17. The van der Waals surface area contributed by atoms with E-state index in [1.54, 1.807) is 0 Å². The van der Waals surface area contributed by atoms with E-state index < -0.39 is 0 Å². The van der Waals surface area contributed by atoms with E-state index in [1.165, 1.54) is 16.2 Å². The van der Waals surface area contributed by atoms with E-state index in [4.69, 9.17) is 4.98 Å². The molecule has 0 spiro atoms. The van der Waals surface area contributed by atoms with Crippen LogP contribution in [-0.4, -0.2) is 9.97 Å². The molecule has 2 nitrogen and oxygen atoms in total. The molecule has 2 aromatic carbocycles. The van der Waals surface area contributed by atoms with Gasteiger partial charge in [0.05, 0.1) is 11.2 Å². The van der Waals surface area contributed by atoms with Crippen molar-refractivity contribution >= 4 is 21.7 Å². The Hall–Kier alpha value is -2.74. The molecule has 2 heteroatoms. The predicted octanol–water partition coefficient (Wildman–Crippen LogP) is 4.37. The fourth-order valence-electron chi connectivity index (χ4n) is 2.70. The van der Waals surface area contributed by atoms with Crippen molar-refractivity contribution in [2.75, 3.05) is 0 Å². The van der Waals surface area contributed by atoms with E-state index in [1.807, 2.05) is 24.4 Å². The van der Waals surface area contributed by atoms with E-state index in [2.05, 4.69) is 53.5 Å². The highest BCUT2D eigenvalue weighted by Gasteiger charge is 2.05. The van der Waals surface area contributed by atoms with Crippen molar-refractivity contribution < 1.29 is 0 Å². The molecule has 0 N–H and O–H groups in total. The number of pyridine rings is 2. The van der Waals surface area contributed by atoms with Crippen molar-refractivity contribution in [3.63, 3.8) is 0 Å². The van der Waals surface area contributed by atoms with Crippen molar-refractivity contribution in [1.82, 2.24) is 9.97 Å². The van der Waals surface area contributed by atoms with Crippen molar-refractivity contribution in [1.29, 1.82) is 0 Å². The Morgan fingerprint density at radius 1 is 0.714 bits per heavy atom. The average Bonchev–Trinajstić information content (AvgIpc) is 2.55. The highest BCUT2D eigenvalue weighted by molar-refractivity contribution is 5.84. The van der Waals surface area contributed by atoms with Gasteiger partial charge in [-0.3, -0.25) is 9.97 Å². The van der Waals surface area contributed by atoms with Gasteiger partial charge in [-0.25, -0.2) is 0 Å². The molecule has 0 radical (unpaired) electrons. The van der Waals surface area contributed by atoms with Crippen molar-refractivity contribution in [3.8, 4) is 0 Å². The summed E-state index contributed by atoms with van der Waals surface area (Å²) in [4.78, 5) is 9.28. The highest BCUT2D eigenvalue weighted by Crippen LogP contribution is 2.20. The zero-order chi connectivity index (χ0) is 14.1. The largest absolute Gasteiger partial charge is 0.260 e. The molecule has 2 aromatic heterocycles. The summed E-state index contributed by atoms with van der Waals surface area (Å²) in [5, 5.41) is 3.60. The molecule has 4 aromatic rings. The minimum atomic E-state index is 0.756. The van der Waals surface area contributed by atoms with Gasteiger partial charge in [0.1, 0.15) is 0 Å². The van der Waals surface area contributed by atoms with Gasteiger partial charge in [-0.2, -0.15) is 0 Å². The highest BCUT2D eigenvalue weighted by atomic mass is 14.7. The monoisotopic (exact) mass is 270 g/mol. The number of hydrogen-bond acceptors (Lipinski definition) is 2. The maximum atomic E-state index is 4.74. The Bertz CT molecular complexity index is 923. The van der Waals surface area contributed by atoms with E-state index >= 15 is 0 Å². The van der Waals surface area contributed by atoms with Crippen molar-refractivity contribution in [2.45, 2.75) is 6.42 Å². The molecule has 0 fully saturated rings. The molecule has 0 bridgehead atoms. The SMILES string of the molecule is c1ccc2nc(Cc3nccc4ccccc34)ccc2c1. The van der Waals surface area contributed by atoms with Gasteiger partial charge in [0.15, 0.2) is 0 Å². The first-order valence-electron chi connectivity index (χ1n) is 7.07. The molecule has 100 valence electrons. The maximum Gasteiger partial charge on any atom is 0.0705 e. The van der Waals surface area contributed by atoms with Crippen LogP contribution in [0.4, 0.5) is 0 Å². The first-order chi connectivity index (χ1) is 10.4. The van der Waals surface area contributed by atoms with Crippen LogP contribution in [0.15, 0.2) is 72.9 Å². The van der Waals surface area contributed by atoms with Crippen LogP contribution in [0.1, 0.15) is 11.4 Å². The second kappa shape index (κ2) is 4.98. The Morgan fingerprint density at radius 2 is 1.52 bits per heavy atom. The van der Waals surface area contributed by atoms with Gasteiger partial charge in [0, 0.05) is 29.1 Å². The second-order valence-electron chi connectivity index (χ2n) is 5.15. The van der Waals surface area contributed by atoms with Gasteiger partial charge in [-0.1, -0.05) is 48.5 Å². The summed E-state index contributed by atoms with van der Waals surface area (Å²) < 4.78 is 0. The van der Waals surface area contributed by atoms with Crippen LogP contribution in [0.2, 0.25) is 0 Å². The number of benzene rings is 2. The zero-order valence-corrected chi connectivity index (χ0v) is 11.5. The lowest BCUT2D eigenvalue weighted by Gasteiger charge is -2.06. The van der Waals surface area contributed by atoms with E-state index in [0.717, 1.165) is 23.3 Å². The molecule has 0 saturated carbocycles. The summed E-state index contributed by atoms with van der Waals surface area (Å²) in [6.45, 7) is 0. The predicted molar refractivity (Wildman–Crippen MR) is 86.3 cm³/mol. The maximum absolute atomic E-state index is 4.74. The number of nitrogens with zero attached hydrogens (tertiary/aromatic N) is 2. The Labute approximate surface area is 123 Å². The first-order valence-corrected chi connectivity index (χ1v) is 7.07. The molecule has 0 unspecified atom stereocenters. The molecule has 2 heterocycles. The lowest BCUT2D eigenvalue weighted by molar-refractivity contribution is 1.04. The van der Waals surface area contributed by atoms with E-state index in [9.17, 15) is 0 Å². The third-order valence-corrected chi connectivity index (χ3v) is 3.76. The fraction of sp³-hybridized carbons (Fsp3) is 0.0526. The molecule has 21 heavy (non-hydrogen) atoms. The molecule has 0 atom stereocenters. The van der Waals surface area contributed by atoms with Crippen LogP contribution in [-0.2, 0) is 6.42 Å². The molecular weight excluding hydrogens is 256 g/mol. The lowest BCUT2D eigenvalue weighted by atomic mass is 10.1. The van der Waals surface area contributed by atoms with Crippen LogP contribution in [0.3, 0.4) is 0 Å². The van der Waals surface area contributed by atoms with Crippen LogP contribution < -0.4 is 0 Å². The molecule has 4 rings (SSSR count). The minimum Gasteiger partial charge on any atom is -0.260 e. The molecule has 0 amide bonds. The van der Waals surface area contributed by atoms with Crippen molar-refractivity contribution in [2.24, 2.45) is 0 Å². The number of aromatic nitrogens is 2. The molecule has 0 aliphatic heterocycles. The summed E-state index contributed by atoms with van der Waals surface area (Å²) >= 11 is 0. The first kappa shape index (κ1) is 12.0. The van der Waals surface area contributed by atoms with Gasteiger partial charge >= 0.3 is 0 Å². The molecule has 0 saturated heterocycles. The fourth-order valence-corrected chi connectivity index (χ4v) is 2.70. The Kier molecular flexibility index (Phi) is 2.86. The van der Waals surface area contributed by atoms with Crippen LogP contribution >= 0.6 is 0 Å². The second-order valence-corrected chi connectivity index (χ2v) is 5.15. The number of fused-ring (bicyclic) bond motifs is 2. The standard InChI is InChI=1S/C19H14N2/c1-3-7-17-14(5-1)11-12-20-19(17)13-16-10-9-15-6-2-4-8-18(15)21-16/h1-12H,13H2. The van der Waals surface area contributed by atoms with E-state index in [-0.39, 0.29) is 0 Å². The van der Waals surface area contributed by atoms with Crippen molar-refractivity contribution in [3.05, 3.63) is 84.3 Å². The summed E-state index contributed by atoms with van der Waals surface area (Å²) in [7, 11) is 0. The zero-order valence-electron chi connectivity index (χ0n) is 11.5. The third kappa shape index (κ3) is 2.25. The lowest BCUT2D eigenvalue weighted by Crippen LogP contribution is -1.96. The average molecular weight is 270 g/mol. The topological polar surface area (TPSA) is 25.8 Å². The Balaban J connectivity index is 1.79.